The van der Waals surface area contributed by atoms with Gasteiger partial charge in [0.15, 0.2) is 0 Å². The molecule has 0 aromatic heterocycles. The van der Waals surface area contributed by atoms with E-state index >= 15 is 0 Å². The maximum absolute atomic E-state index is 11.4. The molecule has 0 aromatic carbocycles. The van der Waals surface area contributed by atoms with Gasteiger partial charge in [-0.2, -0.15) is 0 Å². The molecule has 2 amide bonds. The number of hydrogen-bond donors (Lipinski definition) is 3. The van der Waals surface area contributed by atoms with Crippen LogP contribution in [0.2, 0.25) is 0 Å². The van der Waals surface area contributed by atoms with Crippen LogP contribution in [0.25, 0.3) is 0 Å². The third-order valence-electron chi connectivity index (χ3n) is 2.41. The summed E-state index contributed by atoms with van der Waals surface area (Å²) >= 11 is 0. The first-order valence-corrected chi connectivity index (χ1v) is 6.36. The highest BCUT2D eigenvalue weighted by molar-refractivity contribution is 5.80. The zero-order valence-electron chi connectivity index (χ0n) is 11.1. The van der Waals surface area contributed by atoms with Gasteiger partial charge in [0.25, 0.3) is 0 Å². The Bertz CT molecular complexity index is 232. The predicted molar refractivity (Wildman–Crippen MR) is 68.7 cm³/mol. The van der Waals surface area contributed by atoms with Crippen molar-refractivity contribution in [2.45, 2.75) is 46.1 Å². The molecule has 0 aliphatic carbocycles. The van der Waals surface area contributed by atoms with Gasteiger partial charge in [0.05, 0.1) is 6.54 Å². The molecule has 0 fully saturated rings. The molecule has 0 saturated carbocycles. The number of rotatable bonds is 9. The van der Waals surface area contributed by atoms with Crippen LogP contribution >= 0.6 is 0 Å². The van der Waals surface area contributed by atoms with E-state index in [1.165, 1.54) is 0 Å². The molecule has 0 spiro atoms. The Labute approximate surface area is 104 Å². The van der Waals surface area contributed by atoms with Crippen LogP contribution in [0, 0.1) is 0 Å². The summed E-state index contributed by atoms with van der Waals surface area (Å²) in [5.41, 5.74) is 0. The van der Waals surface area contributed by atoms with Crippen molar-refractivity contribution < 1.29 is 9.59 Å². The second-order valence-corrected chi connectivity index (χ2v) is 4.15. The van der Waals surface area contributed by atoms with Crippen molar-refractivity contribution in [2.75, 3.05) is 19.6 Å². The first-order valence-electron chi connectivity index (χ1n) is 6.36. The lowest BCUT2D eigenvalue weighted by Crippen LogP contribution is -2.38. The summed E-state index contributed by atoms with van der Waals surface area (Å²) in [7, 11) is 0. The standard InChI is InChI=1S/C12H25N3O2/c1-4-7-13-9-12(17)14-8-6-11(16)15-10(3)5-2/h10,13H,4-9H2,1-3H3,(H,14,17)(H,15,16). The summed E-state index contributed by atoms with van der Waals surface area (Å²) in [6.07, 6.45) is 2.26. The summed E-state index contributed by atoms with van der Waals surface area (Å²) in [5, 5.41) is 8.55. The van der Waals surface area contributed by atoms with Gasteiger partial charge in [0, 0.05) is 19.0 Å². The monoisotopic (exact) mass is 243 g/mol. The van der Waals surface area contributed by atoms with Crippen LogP contribution in [0.15, 0.2) is 0 Å². The van der Waals surface area contributed by atoms with Gasteiger partial charge in [-0.05, 0) is 26.3 Å². The van der Waals surface area contributed by atoms with E-state index in [2.05, 4.69) is 16.0 Å². The fourth-order valence-corrected chi connectivity index (χ4v) is 1.21. The van der Waals surface area contributed by atoms with Gasteiger partial charge in [0.1, 0.15) is 0 Å². The molecule has 100 valence electrons. The van der Waals surface area contributed by atoms with E-state index in [1.807, 2.05) is 20.8 Å². The van der Waals surface area contributed by atoms with Crippen LogP contribution in [-0.2, 0) is 9.59 Å². The zero-order chi connectivity index (χ0) is 13.1. The fraction of sp³-hybridized carbons (Fsp3) is 0.833. The second-order valence-electron chi connectivity index (χ2n) is 4.15. The maximum Gasteiger partial charge on any atom is 0.233 e. The molecule has 5 nitrogen and oxygen atoms in total. The van der Waals surface area contributed by atoms with Crippen molar-refractivity contribution in [1.82, 2.24) is 16.0 Å². The second kappa shape index (κ2) is 10.1. The van der Waals surface area contributed by atoms with Gasteiger partial charge < -0.3 is 16.0 Å². The van der Waals surface area contributed by atoms with E-state index in [-0.39, 0.29) is 17.9 Å². The van der Waals surface area contributed by atoms with Gasteiger partial charge in [-0.3, -0.25) is 9.59 Å². The molecule has 5 heteroatoms. The van der Waals surface area contributed by atoms with Crippen molar-refractivity contribution in [1.29, 1.82) is 0 Å². The minimum atomic E-state index is -0.0604. The third kappa shape index (κ3) is 9.81. The molecule has 1 atom stereocenters. The lowest BCUT2D eigenvalue weighted by atomic mass is 10.2. The summed E-state index contributed by atoms with van der Waals surface area (Å²) in [5.74, 6) is -0.0732. The van der Waals surface area contributed by atoms with Crippen LogP contribution in [0.5, 0.6) is 0 Å². The lowest BCUT2D eigenvalue weighted by Gasteiger charge is -2.11. The highest BCUT2D eigenvalue weighted by Crippen LogP contribution is 1.88. The van der Waals surface area contributed by atoms with E-state index in [1.54, 1.807) is 0 Å². The van der Waals surface area contributed by atoms with Gasteiger partial charge in [-0.15, -0.1) is 0 Å². The molecular weight excluding hydrogens is 218 g/mol. The Morgan fingerprint density at radius 2 is 1.82 bits per heavy atom. The first-order chi connectivity index (χ1) is 8.10. The molecule has 0 saturated heterocycles. The molecule has 0 bridgehead atoms. The van der Waals surface area contributed by atoms with Crippen molar-refractivity contribution >= 4 is 11.8 Å². The van der Waals surface area contributed by atoms with E-state index in [0.29, 0.717) is 19.5 Å². The smallest absolute Gasteiger partial charge is 0.233 e. The average Bonchev–Trinajstić information content (AvgIpc) is 2.29. The SMILES string of the molecule is CCCNCC(=O)NCCC(=O)NC(C)CC. The van der Waals surface area contributed by atoms with Gasteiger partial charge in [0.2, 0.25) is 11.8 Å². The summed E-state index contributed by atoms with van der Waals surface area (Å²) < 4.78 is 0. The summed E-state index contributed by atoms with van der Waals surface area (Å²) in [4.78, 5) is 22.6. The number of amides is 2. The molecular formula is C12H25N3O2. The van der Waals surface area contributed by atoms with Gasteiger partial charge in [-0.25, -0.2) is 0 Å². The highest BCUT2D eigenvalue weighted by atomic mass is 16.2. The molecule has 3 N–H and O–H groups in total. The van der Waals surface area contributed by atoms with E-state index < -0.39 is 0 Å². The molecule has 0 aromatic rings. The normalized spacial score (nSPS) is 11.9. The van der Waals surface area contributed by atoms with E-state index in [0.717, 1.165) is 19.4 Å². The van der Waals surface area contributed by atoms with Crippen molar-refractivity contribution in [3.05, 3.63) is 0 Å². The van der Waals surface area contributed by atoms with Crippen LogP contribution in [0.3, 0.4) is 0 Å². The lowest BCUT2D eigenvalue weighted by molar-refractivity contribution is -0.122. The van der Waals surface area contributed by atoms with Crippen molar-refractivity contribution in [3.8, 4) is 0 Å². The molecule has 0 radical (unpaired) electrons. The molecule has 0 aliphatic heterocycles. The Morgan fingerprint density at radius 1 is 1.12 bits per heavy atom. The maximum atomic E-state index is 11.4. The quantitative estimate of drug-likeness (QED) is 0.514. The Morgan fingerprint density at radius 3 is 2.41 bits per heavy atom. The predicted octanol–water partition coefficient (Wildman–Crippen LogP) is 0.407. The average molecular weight is 243 g/mol. The van der Waals surface area contributed by atoms with Crippen LogP contribution in [-0.4, -0.2) is 37.5 Å². The third-order valence-corrected chi connectivity index (χ3v) is 2.41. The number of carbonyl (C=O) groups is 2. The largest absolute Gasteiger partial charge is 0.354 e. The molecule has 0 aliphatic rings. The first kappa shape index (κ1) is 15.9. The number of carbonyl (C=O) groups excluding carboxylic acids is 2. The van der Waals surface area contributed by atoms with Crippen LogP contribution < -0.4 is 16.0 Å². The molecule has 17 heavy (non-hydrogen) atoms. The van der Waals surface area contributed by atoms with Crippen molar-refractivity contribution in [3.63, 3.8) is 0 Å². The van der Waals surface area contributed by atoms with Gasteiger partial charge >= 0.3 is 0 Å². The van der Waals surface area contributed by atoms with Crippen molar-refractivity contribution in [2.24, 2.45) is 0 Å². The Balaban J connectivity index is 3.49. The Hall–Kier alpha value is -1.10. The van der Waals surface area contributed by atoms with Crippen LogP contribution in [0.1, 0.15) is 40.0 Å². The molecule has 0 rings (SSSR count). The minimum Gasteiger partial charge on any atom is -0.354 e. The van der Waals surface area contributed by atoms with Crippen LogP contribution in [0.4, 0.5) is 0 Å². The number of hydrogen-bond acceptors (Lipinski definition) is 3. The molecule has 0 heterocycles. The highest BCUT2D eigenvalue weighted by Gasteiger charge is 2.06. The van der Waals surface area contributed by atoms with E-state index in [9.17, 15) is 9.59 Å². The minimum absolute atomic E-state index is 0.0128. The summed E-state index contributed by atoms with van der Waals surface area (Å²) in [6, 6.07) is 0.199. The fourth-order valence-electron chi connectivity index (χ4n) is 1.21. The van der Waals surface area contributed by atoms with Gasteiger partial charge in [-0.1, -0.05) is 13.8 Å². The van der Waals surface area contributed by atoms with E-state index in [4.69, 9.17) is 0 Å². The zero-order valence-corrected chi connectivity index (χ0v) is 11.1. The topological polar surface area (TPSA) is 70.2 Å². The summed E-state index contributed by atoms with van der Waals surface area (Å²) in [6.45, 7) is 7.58. The Kier molecular flexibility index (Phi) is 9.43. The molecule has 1 unspecified atom stereocenters. The number of nitrogens with one attached hydrogen (secondary N) is 3.